The van der Waals surface area contributed by atoms with Gasteiger partial charge in [-0.1, -0.05) is 0 Å². The SMILES string of the molecule is CC(C)(C)OC(=O)n1ncc2cc([As]C3CCCN(c4ccc([N+](=O)[O-])cc4)C3)ccc21. The average Bonchev–Trinajstić information content (AvgIpc) is 3.16. The van der Waals surface area contributed by atoms with Gasteiger partial charge in [-0.05, 0) is 0 Å². The number of nitro groups is 1. The molecule has 0 spiro atoms. The fourth-order valence-corrected chi connectivity index (χ4v) is 6.75. The molecule has 1 atom stereocenters. The molecule has 9 heteroatoms. The van der Waals surface area contributed by atoms with Crippen molar-refractivity contribution in [2.45, 2.75) is 43.9 Å². The van der Waals surface area contributed by atoms with Crippen molar-refractivity contribution in [3.63, 3.8) is 0 Å². The third kappa shape index (κ3) is 5.13. The molecule has 1 radical (unpaired) electrons. The third-order valence-electron chi connectivity index (χ3n) is 5.27. The molecule has 1 aliphatic rings. The number of anilines is 1. The Morgan fingerprint density at radius 3 is 2.66 bits per heavy atom. The van der Waals surface area contributed by atoms with E-state index in [4.69, 9.17) is 4.74 Å². The normalized spacial score (nSPS) is 17.2. The first kappa shape index (κ1) is 22.3. The molecule has 1 fully saturated rings. The molecule has 0 saturated carbocycles. The second kappa shape index (κ2) is 8.94. The van der Waals surface area contributed by atoms with Gasteiger partial charge in [0, 0.05) is 0 Å². The van der Waals surface area contributed by atoms with E-state index in [2.05, 4.69) is 22.1 Å². The van der Waals surface area contributed by atoms with Crippen molar-refractivity contribution in [2.24, 2.45) is 0 Å². The van der Waals surface area contributed by atoms with Crippen LogP contribution in [0.4, 0.5) is 16.2 Å². The number of nitrogens with zero attached hydrogens (tertiary/aromatic N) is 4. The molecule has 3 aromatic rings. The topological polar surface area (TPSA) is 90.5 Å². The molecule has 2 heterocycles. The number of nitro benzene ring substituents is 1. The average molecular weight is 497 g/mol. The summed E-state index contributed by atoms with van der Waals surface area (Å²) in [6, 6.07) is 13.0. The van der Waals surface area contributed by atoms with E-state index in [1.807, 2.05) is 39.0 Å². The number of ether oxygens (including phenoxy) is 1. The van der Waals surface area contributed by atoms with Gasteiger partial charge in [0.2, 0.25) is 0 Å². The van der Waals surface area contributed by atoms with Crippen molar-refractivity contribution >= 4 is 48.5 Å². The summed E-state index contributed by atoms with van der Waals surface area (Å²) < 4.78 is 8.63. The Balaban J connectivity index is 1.45. The number of carbonyl (C=O) groups excluding carboxylic acids is 1. The zero-order chi connectivity index (χ0) is 22.9. The number of carbonyl (C=O) groups is 1. The van der Waals surface area contributed by atoms with Crippen molar-refractivity contribution in [3.8, 4) is 0 Å². The van der Waals surface area contributed by atoms with Gasteiger partial charge in [0.05, 0.1) is 0 Å². The van der Waals surface area contributed by atoms with Crippen LogP contribution in [0.15, 0.2) is 48.7 Å². The second-order valence-corrected chi connectivity index (χ2v) is 12.1. The van der Waals surface area contributed by atoms with E-state index in [1.54, 1.807) is 18.3 Å². The molecule has 0 aliphatic carbocycles. The first-order valence-electron chi connectivity index (χ1n) is 10.6. The van der Waals surface area contributed by atoms with Crippen LogP contribution in [0.1, 0.15) is 33.6 Å². The summed E-state index contributed by atoms with van der Waals surface area (Å²) in [6.45, 7) is 7.43. The van der Waals surface area contributed by atoms with Crippen molar-refractivity contribution in [2.75, 3.05) is 18.0 Å². The monoisotopic (exact) mass is 497 g/mol. The maximum atomic E-state index is 12.4. The van der Waals surface area contributed by atoms with Crippen molar-refractivity contribution in [3.05, 3.63) is 58.8 Å². The number of rotatable bonds is 4. The number of fused-ring (bicyclic) bond motifs is 1. The Hall–Kier alpha value is -2.86. The maximum absolute atomic E-state index is 12.4. The second-order valence-electron chi connectivity index (χ2n) is 8.92. The predicted octanol–water partition coefficient (Wildman–Crippen LogP) is 4.15. The zero-order valence-electron chi connectivity index (χ0n) is 18.4. The van der Waals surface area contributed by atoms with Crippen LogP contribution in [0.2, 0.25) is 4.71 Å². The summed E-state index contributed by atoms with van der Waals surface area (Å²) in [6.07, 6.45) is 3.53. The minimum atomic E-state index is -0.573. The number of aromatic nitrogens is 2. The molecule has 8 nitrogen and oxygen atoms in total. The summed E-state index contributed by atoms with van der Waals surface area (Å²) in [5, 5.41) is 16.1. The van der Waals surface area contributed by atoms with Crippen LogP contribution in [0.3, 0.4) is 0 Å². The standard InChI is InChI=1S/C23H26AsN4O4/c1-23(2,3)32-22(29)27-21-11-6-17(13-16(21)14-25-27)24-18-5-4-12-26(15-18)19-7-9-20(10-8-19)28(30)31/h6-11,13-14,18H,4-5,12,15H2,1-3H3. The van der Waals surface area contributed by atoms with Gasteiger partial charge in [-0.3, -0.25) is 0 Å². The molecule has 1 aliphatic heterocycles. The van der Waals surface area contributed by atoms with E-state index in [-0.39, 0.29) is 26.4 Å². The summed E-state index contributed by atoms with van der Waals surface area (Å²) in [4.78, 5) is 25.3. The van der Waals surface area contributed by atoms with Crippen LogP contribution >= 0.6 is 0 Å². The molecule has 2 aromatic carbocycles. The van der Waals surface area contributed by atoms with Gasteiger partial charge >= 0.3 is 193 Å². The fraction of sp³-hybridized carbons (Fsp3) is 0.391. The molecule has 167 valence electrons. The van der Waals surface area contributed by atoms with Crippen molar-refractivity contribution in [1.29, 1.82) is 0 Å². The van der Waals surface area contributed by atoms with Gasteiger partial charge in [0.15, 0.2) is 0 Å². The molecule has 32 heavy (non-hydrogen) atoms. The Kier molecular flexibility index (Phi) is 6.24. The number of hydrogen-bond acceptors (Lipinski definition) is 6. The van der Waals surface area contributed by atoms with E-state index in [0.29, 0.717) is 4.71 Å². The van der Waals surface area contributed by atoms with Gasteiger partial charge in [-0.15, -0.1) is 0 Å². The van der Waals surface area contributed by atoms with Crippen LogP contribution in [-0.2, 0) is 4.74 Å². The van der Waals surface area contributed by atoms with E-state index >= 15 is 0 Å². The quantitative estimate of drug-likeness (QED) is 0.306. The van der Waals surface area contributed by atoms with E-state index in [1.165, 1.54) is 15.5 Å². The van der Waals surface area contributed by atoms with Gasteiger partial charge < -0.3 is 0 Å². The summed E-state index contributed by atoms with van der Waals surface area (Å²) in [5.41, 5.74) is 1.33. The van der Waals surface area contributed by atoms with Gasteiger partial charge in [0.25, 0.3) is 0 Å². The molecule has 1 aromatic heterocycles. The van der Waals surface area contributed by atoms with E-state index in [0.717, 1.165) is 36.1 Å². The van der Waals surface area contributed by atoms with Crippen LogP contribution < -0.4 is 9.25 Å². The summed E-state index contributed by atoms with van der Waals surface area (Å²) in [7, 11) is 0. The Morgan fingerprint density at radius 1 is 1.22 bits per heavy atom. The summed E-state index contributed by atoms with van der Waals surface area (Å²) >= 11 is -0.0655. The number of hydrogen-bond donors (Lipinski definition) is 0. The zero-order valence-corrected chi connectivity index (χ0v) is 20.3. The molecule has 4 rings (SSSR count). The first-order valence-corrected chi connectivity index (χ1v) is 12.6. The van der Waals surface area contributed by atoms with Crippen molar-refractivity contribution < 1.29 is 14.5 Å². The van der Waals surface area contributed by atoms with Gasteiger partial charge in [-0.25, -0.2) is 0 Å². The molecule has 0 amide bonds. The third-order valence-corrected chi connectivity index (χ3v) is 8.13. The number of non-ortho nitro benzene ring substituents is 1. The van der Waals surface area contributed by atoms with E-state index < -0.39 is 11.7 Å². The molecule has 0 bridgehead atoms. The Bertz CT molecular complexity index is 1140. The summed E-state index contributed by atoms with van der Waals surface area (Å²) in [5.74, 6) is 0. The number of piperidine rings is 1. The van der Waals surface area contributed by atoms with Crippen LogP contribution in [0.25, 0.3) is 10.9 Å². The van der Waals surface area contributed by atoms with E-state index in [9.17, 15) is 14.9 Å². The molecule has 0 N–H and O–H groups in total. The molecular weight excluding hydrogens is 471 g/mol. The van der Waals surface area contributed by atoms with Gasteiger partial charge in [-0.2, -0.15) is 0 Å². The first-order chi connectivity index (χ1) is 15.2. The Morgan fingerprint density at radius 2 is 1.97 bits per heavy atom. The predicted molar refractivity (Wildman–Crippen MR) is 125 cm³/mol. The Labute approximate surface area is 193 Å². The minimum absolute atomic E-state index is 0.0655. The fourth-order valence-electron chi connectivity index (χ4n) is 3.84. The van der Waals surface area contributed by atoms with Gasteiger partial charge in [0.1, 0.15) is 0 Å². The van der Waals surface area contributed by atoms with Crippen LogP contribution in [0, 0.1) is 10.1 Å². The molecule has 1 unspecified atom stereocenters. The molecular formula is C23H26AsN4O4. The van der Waals surface area contributed by atoms with Crippen LogP contribution in [-0.4, -0.2) is 55.2 Å². The van der Waals surface area contributed by atoms with Crippen molar-refractivity contribution in [1.82, 2.24) is 9.78 Å². The van der Waals surface area contributed by atoms with Crippen LogP contribution in [0.5, 0.6) is 0 Å². The molecule has 1 saturated heterocycles. The number of benzene rings is 2.